The number of halogens is 1. The Labute approximate surface area is 173 Å². The average molecular weight is 407 g/mol. The van der Waals surface area contributed by atoms with Crippen LogP contribution >= 0.6 is 0 Å². The van der Waals surface area contributed by atoms with E-state index in [4.69, 9.17) is 0 Å². The van der Waals surface area contributed by atoms with Crippen LogP contribution in [-0.2, 0) is 0 Å². The van der Waals surface area contributed by atoms with Crippen LogP contribution in [0.3, 0.4) is 0 Å². The number of piperidine rings is 1. The topological polar surface area (TPSA) is 70.8 Å². The molecule has 2 aliphatic heterocycles. The molecule has 0 unspecified atom stereocenters. The quantitative estimate of drug-likeness (QED) is 0.669. The van der Waals surface area contributed by atoms with E-state index in [1.165, 1.54) is 11.1 Å². The fraction of sp³-hybridized carbons (Fsp3) is 0.364. The molecule has 7 nitrogen and oxygen atoms in total. The molecule has 154 valence electrons. The van der Waals surface area contributed by atoms with Crippen molar-refractivity contribution in [1.29, 1.82) is 0 Å². The van der Waals surface area contributed by atoms with Crippen LogP contribution in [0.5, 0.6) is 0 Å². The molecule has 2 saturated heterocycles. The van der Waals surface area contributed by atoms with Crippen molar-refractivity contribution in [1.82, 2.24) is 24.4 Å². The average Bonchev–Trinajstić information content (AvgIpc) is 3.21. The van der Waals surface area contributed by atoms with Gasteiger partial charge in [0.1, 0.15) is 6.17 Å². The summed E-state index contributed by atoms with van der Waals surface area (Å²) < 4.78 is 14.8. The third-order valence-corrected chi connectivity index (χ3v) is 5.82. The van der Waals surface area contributed by atoms with E-state index in [0.717, 1.165) is 43.6 Å². The first-order valence-corrected chi connectivity index (χ1v) is 10.3. The maximum absolute atomic E-state index is 13.1. The number of nitrogens with zero attached hydrogens (tertiary/aromatic N) is 5. The second-order valence-electron chi connectivity index (χ2n) is 7.89. The number of carbonyl (C=O) groups excluding carboxylic acids is 2. The molecule has 3 aromatic rings. The Hall–Kier alpha value is -3.29. The van der Waals surface area contributed by atoms with E-state index in [2.05, 4.69) is 10.1 Å². The molecule has 0 N–H and O–H groups in total. The predicted octanol–water partition coefficient (Wildman–Crippen LogP) is 2.82. The molecular weight excluding hydrogens is 385 g/mol. The fourth-order valence-electron chi connectivity index (χ4n) is 4.13. The van der Waals surface area contributed by atoms with Gasteiger partial charge in [-0.05, 0) is 37.5 Å². The molecule has 0 spiro atoms. The van der Waals surface area contributed by atoms with Gasteiger partial charge in [-0.2, -0.15) is 5.10 Å². The van der Waals surface area contributed by atoms with Crippen LogP contribution in [-0.4, -0.2) is 68.6 Å². The van der Waals surface area contributed by atoms with Crippen molar-refractivity contribution in [3.8, 4) is 11.3 Å². The van der Waals surface area contributed by atoms with Crippen LogP contribution in [0.1, 0.15) is 40.0 Å². The first-order chi connectivity index (χ1) is 14.6. The third-order valence-electron chi connectivity index (χ3n) is 5.82. The molecule has 2 fully saturated rings. The molecule has 0 radical (unpaired) electrons. The maximum Gasteiger partial charge on any atom is 0.257 e. The SMILES string of the molecule is O=C(c1cncc(-c2cccc3c(C(=O)N4CCCCC4)cnn23)c1)N1CC(F)C1. The summed E-state index contributed by atoms with van der Waals surface area (Å²) in [4.78, 5) is 33.1. The Kier molecular flexibility index (Phi) is 4.69. The zero-order valence-corrected chi connectivity index (χ0v) is 16.5. The lowest BCUT2D eigenvalue weighted by molar-refractivity contribution is 0.0400. The first-order valence-electron chi connectivity index (χ1n) is 10.3. The number of likely N-dealkylation sites (tertiary alicyclic amines) is 2. The zero-order valence-electron chi connectivity index (χ0n) is 16.5. The molecule has 0 bridgehead atoms. The molecule has 30 heavy (non-hydrogen) atoms. The Morgan fingerprint density at radius 3 is 2.53 bits per heavy atom. The van der Waals surface area contributed by atoms with Crippen molar-refractivity contribution in [2.24, 2.45) is 0 Å². The molecule has 5 heterocycles. The molecular formula is C22H22FN5O2. The number of hydrogen-bond donors (Lipinski definition) is 0. The molecule has 2 amide bonds. The van der Waals surface area contributed by atoms with E-state index in [9.17, 15) is 14.0 Å². The van der Waals surface area contributed by atoms with Gasteiger partial charge >= 0.3 is 0 Å². The summed E-state index contributed by atoms with van der Waals surface area (Å²) in [7, 11) is 0. The highest BCUT2D eigenvalue weighted by molar-refractivity contribution is 6.01. The molecule has 5 rings (SSSR count). The van der Waals surface area contributed by atoms with Gasteiger partial charge in [0.2, 0.25) is 0 Å². The van der Waals surface area contributed by atoms with Crippen LogP contribution in [0, 0.1) is 0 Å². The van der Waals surface area contributed by atoms with Crippen LogP contribution in [0.4, 0.5) is 4.39 Å². The minimum absolute atomic E-state index is 0.00228. The van der Waals surface area contributed by atoms with Crippen LogP contribution in [0.15, 0.2) is 42.9 Å². The summed E-state index contributed by atoms with van der Waals surface area (Å²) in [6.45, 7) is 1.81. The van der Waals surface area contributed by atoms with Crippen molar-refractivity contribution >= 4 is 17.3 Å². The van der Waals surface area contributed by atoms with Gasteiger partial charge in [-0.25, -0.2) is 8.91 Å². The highest BCUT2D eigenvalue weighted by Gasteiger charge is 2.31. The maximum atomic E-state index is 13.1. The second kappa shape index (κ2) is 7.51. The van der Waals surface area contributed by atoms with E-state index < -0.39 is 6.17 Å². The van der Waals surface area contributed by atoms with E-state index in [0.29, 0.717) is 16.7 Å². The molecule has 0 saturated carbocycles. The summed E-state index contributed by atoms with van der Waals surface area (Å²) in [5.41, 5.74) is 3.16. The van der Waals surface area contributed by atoms with Crippen molar-refractivity contribution in [2.75, 3.05) is 26.2 Å². The minimum atomic E-state index is -0.946. The number of amides is 2. The number of aromatic nitrogens is 3. The summed E-state index contributed by atoms with van der Waals surface area (Å²) in [5.74, 6) is -0.227. The van der Waals surface area contributed by atoms with Gasteiger partial charge in [-0.1, -0.05) is 6.07 Å². The lowest BCUT2D eigenvalue weighted by Gasteiger charge is -2.34. The standard InChI is InChI=1S/C22H22FN5O2/c23-17-13-27(14-17)21(29)16-9-15(10-24-11-16)19-5-4-6-20-18(12-25-28(19)20)22(30)26-7-2-1-3-8-26/h4-6,9-12,17H,1-3,7-8,13-14H2. The van der Waals surface area contributed by atoms with Crippen LogP contribution in [0.2, 0.25) is 0 Å². The number of pyridine rings is 2. The number of fused-ring (bicyclic) bond motifs is 1. The van der Waals surface area contributed by atoms with Gasteiger partial charge in [0.25, 0.3) is 11.8 Å². The monoisotopic (exact) mass is 407 g/mol. The van der Waals surface area contributed by atoms with Gasteiger partial charge in [0.05, 0.1) is 41.6 Å². The van der Waals surface area contributed by atoms with Gasteiger partial charge in [0, 0.05) is 31.0 Å². The van der Waals surface area contributed by atoms with Crippen molar-refractivity contribution in [2.45, 2.75) is 25.4 Å². The van der Waals surface area contributed by atoms with E-state index in [1.54, 1.807) is 23.0 Å². The van der Waals surface area contributed by atoms with E-state index in [-0.39, 0.29) is 24.9 Å². The lowest BCUT2D eigenvalue weighted by Crippen LogP contribution is -2.51. The highest BCUT2D eigenvalue weighted by atomic mass is 19.1. The molecule has 0 aliphatic carbocycles. The molecule has 8 heteroatoms. The van der Waals surface area contributed by atoms with Gasteiger partial charge in [0.15, 0.2) is 0 Å². The molecule has 2 aliphatic rings. The minimum Gasteiger partial charge on any atom is -0.339 e. The summed E-state index contributed by atoms with van der Waals surface area (Å²) in [6.07, 6.45) is 7.04. The summed E-state index contributed by atoms with van der Waals surface area (Å²) in [6, 6.07) is 7.36. The zero-order chi connectivity index (χ0) is 20.7. The Balaban J connectivity index is 1.48. The Morgan fingerprint density at radius 1 is 0.967 bits per heavy atom. The largest absolute Gasteiger partial charge is 0.339 e. The summed E-state index contributed by atoms with van der Waals surface area (Å²) in [5, 5.41) is 4.45. The lowest BCUT2D eigenvalue weighted by atomic mass is 10.1. The van der Waals surface area contributed by atoms with Gasteiger partial charge in [-0.3, -0.25) is 14.6 Å². The molecule has 0 atom stereocenters. The third kappa shape index (κ3) is 3.22. The van der Waals surface area contributed by atoms with Crippen molar-refractivity contribution in [3.63, 3.8) is 0 Å². The number of rotatable bonds is 3. The van der Waals surface area contributed by atoms with Crippen molar-refractivity contribution in [3.05, 3.63) is 54.0 Å². The fourth-order valence-corrected chi connectivity index (χ4v) is 4.13. The predicted molar refractivity (Wildman–Crippen MR) is 109 cm³/mol. The Bertz CT molecular complexity index is 1120. The van der Waals surface area contributed by atoms with Gasteiger partial charge in [-0.15, -0.1) is 0 Å². The summed E-state index contributed by atoms with van der Waals surface area (Å²) >= 11 is 0. The number of alkyl halides is 1. The van der Waals surface area contributed by atoms with E-state index in [1.807, 2.05) is 23.1 Å². The number of hydrogen-bond acceptors (Lipinski definition) is 4. The Morgan fingerprint density at radius 2 is 1.77 bits per heavy atom. The molecule has 3 aromatic heterocycles. The number of carbonyl (C=O) groups is 2. The highest BCUT2D eigenvalue weighted by Crippen LogP contribution is 2.25. The molecule has 0 aromatic carbocycles. The normalized spacial score (nSPS) is 17.2. The smallest absolute Gasteiger partial charge is 0.257 e. The van der Waals surface area contributed by atoms with Crippen LogP contribution in [0.25, 0.3) is 16.8 Å². The van der Waals surface area contributed by atoms with Crippen molar-refractivity contribution < 1.29 is 14.0 Å². The second-order valence-corrected chi connectivity index (χ2v) is 7.89. The first kappa shape index (κ1) is 18.7. The van der Waals surface area contributed by atoms with Crippen LogP contribution < -0.4 is 0 Å². The van der Waals surface area contributed by atoms with E-state index >= 15 is 0 Å². The van der Waals surface area contributed by atoms with Gasteiger partial charge < -0.3 is 9.80 Å².